The molecular formula is C36H54N12O7. The number of methoxy groups -OCH3 is 2. The van der Waals surface area contributed by atoms with Crippen molar-refractivity contribution in [3.05, 3.63) is 42.4 Å². The lowest BCUT2D eigenvalue weighted by Gasteiger charge is -2.22. The number of nitrogens with zero attached hydrogens (tertiary/aromatic N) is 5. The number of hydrogen-bond donors (Lipinski definition) is 7. The van der Waals surface area contributed by atoms with Gasteiger partial charge in [0.05, 0.1) is 33.9 Å². The van der Waals surface area contributed by atoms with E-state index in [1.807, 2.05) is 26.8 Å². The third-order valence-electron chi connectivity index (χ3n) is 6.60. The summed E-state index contributed by atoms with van der Waals surface area (Å²) in [5, 5.41) is 15.5. The van der Waals surface area contributed by atoms with Gasteiger partial charge >= 0.3 is 18.2 Å². The second-order valence-electron chi connectivity index (χ2n) is 15.2. The molecule has 0 aliphatic heterocycles. The third kappa shape index (κ3) is 15.4. The first-order chi connectivity index (χ1) is 25.5. The number of hydrazine groups is 1. The molecule has 0 spiro atoms. The highest BCUT2D eigenvalue weighted by Gasteiger charge is 2.22. The van der Waals surface area contributed by atoms with Gasteiger partial charge in [0, 0.05) is 40.6 Å². The number of hydrogen-bond acceptors (Lipinski definition) is 15. The molecule has 9 N–H and O–H groups in total. The van der Waals surface area contributed by atoms with Crippen molar-refractivity contribution < 1.29 is 33.3 Å². The SMILES string of the molecule is COc1cc(OC)cc(-c2cc3cnc(NC/C(N)=C/N(N)CCN=C(NC(=O)OC(C)(C)C)NC(=O)OC(C)(C)C)nc3nc2NC(=O)NC(C)(C)C)c1. The van der Waals surface area contributed by atoms with E-state index in [1.54, 1.807) is 80.2 Å². The van der Waals surface area contributed by atoms with Crippen LogP contribution in [-0.2, 0) is 9.47 Å². The Morgan fingerprint density at radius 3 is 1.98 bits per heavy atom. The molecule has 0 bridgehead atoms. The van der Waals surface area contributed by atoms with Gasteiger partial charge in [-0.05, 0) is 86.1 Å². The van der Waals surface area contributed by atoms with Gasteiger partial charge in [0.1, 0.15) is 28.5 Å². The minimum absolute atomic E-state index is 0.0444. The summed E-state index contributed by atoms with van der Waals surface area (Å²) in [5.74, 6) is 7.53. The summed E-state index contributed by atoms with van der Waals surface area (Å²) >= 11 is 0. The molecule has 0 fully saturated rings. The van der Waals surface area contributed by atoms with E-state index in [2.05, 4.69) is 46.5 Å². The molecular weight excluding hydrogens is 712 g/mol. The fourth-order valence-corrected chi connectivity index (χ4v) is 4.50. The Balaban J connectivity index is 1.76. The number of urea groups is 1. The van der Waals surface area contributed by atoms with E-state index in [-0.39, 0.29) is 37.4 Å². The molecule has 19 heteroatoms. The summed E-state index contributed by atoms with van der Waals surface area (Å²) in [6.45, 7) is 16.1. The number of fused-ring (bicyclic) bond motifs is 1. The number of carbonyl (C=O) groups excluding carboxylic acids is 3. The average molecular weight is 767 g/mol. The normalized spacial score (nSPS) is 11.9. The van der Waals surface area contributed by atoms with Crippen LogP contribution in [0.3, 0.4) is 0 Å². The third-order valence-corrected chi connectivity index (χ3v) is 6.60. The van der Waals surface area contributed by atoms with Crippen LogP contribution in [0.25, 0.3) is 22.2 Å². The Bertz CT molecular complexity index is 1840. The van der Waals surface area contributed by atoms with Crippen molar-refractivity contribution in [2.45, 2.75) is 79.1 Å². The fraction of sp³-hybridized carbons (Fsp3) is 0.472. The van der Waals surface area contributed by atoms with Crippen LogP contribution in [0.1, 0.15) is 62.3 Å². The van der Waals surface area contributed by atoms with Crippen molar-refractivity contribution in [1.82, 2.24) is 35.9 Å². The van der Waals surface area contributed by atoms with Crippen LogP contribution in [0.2, 0.25) is 0 Å². The minimum Gasteiger partial charge on any atom is -0.497 e. The largest absolute Gasteiger partial charge is 0.497 e. The number of rotatable bonds is 11. The van der Waals surface area contributed by atoms with Crippen molar-refractivity contribution >= 4 is 47.0 Å². The van der Waals surface area contributed by atoms with Crippen LogP contribution in [0.15, 0.2) is 47.4 Å². The molecule has 300 valence electrons. The summed E-state index contributed by atoms with van der Waals surface area (Å²) in [4.78, 5) is 55.5. The van der Waals surface area contributed by atoms with E-state index < -0.39 is 35.0 Å². The Hall–Kier alpha value is -6.11. The molecule has 0 unspecified atom stereocenters. The number of amides is 4. The first kappa shape index (κ1) is 43.3. The number of aromatic nitrogens is 3. The summed E-state index contributed by atoms with van der Waals surface area (Å²) in [6, 6.07) is 6.71. The van der Waals surface area contributed by atoms with Crippen molar-refractivity contribution in [3.63, 3.8) is 0 Å². The van der Waals surface area contributed by atoms with Gasteiger partial charge in [-0.3, -0.25) is 20.9 Å². The van der Waals surface area contributed by atoms with Gasteiger partial charge in [-0.25, -0.2) is 30.2 Å². The van der Waals surface area contributed by atoms with Crippen LogP contribution < -0.4 is 47.6 Å². The predicted octanol–water partition coefficient (Wildman–Crippen LogP) is 4.42. The molecule has 0 atom stereocenters. The predicted molar refractivity (Wildman–Crippen MR) is 210 cm³/mol. The number of carbonyl (C=O) groups is 3. The number of benzene rings is 1. The van der Waals surface area contributed by atoms with Crippen LogP contribution in [0.5, 0.6) is 11.5 Å². The summed E-state index contributed by atoms with van der Waals surface area (Å²) in [6.07, 6.45) is 1.45. The molecule has 3 aromatic rings. The summed E-state index contributed by atoms with van der Waals surface area (Å²) < 4.78 is 21.4. The molecule has 19 nitrogen and oxygen atoms in total. The maximum Gasteiger partial charge on any atom is 0.414 e. The Kier molecular flexibility index (Phi) is 14.4. The minimum atomic E-state index is -0.815. The van der Waals surface area contributed by atoms with E-state index in [1.165, 1.54) is 11.2 Å². The van der Waals surface area contributed by atoms with Gasteiger partial charge in [-0.1, -0.05) is 0 Å². The standard InChI is InChI=1S/C36H54N12O7/c1-34(2,3)47-31(49)44-28-26(21-14-24(52-10)17-25(15-21)53-11)16-22-18-40-29(43-27(22)42-28)41-19-23(37)20-48(38)13-12-39-30(45-32(50)54-35(4,5)6)46-33(51)55-36(7,8)9/h14-18,20H,12-13,19,37-38H2,1-11H3,(H2,39,45,46,50,51)(H3,40,41,42,43,44,47,49)/b23-20-. The van der Waals surface area contributed by atoms with Gasteiger partial charge in [-0.15, -0.1) is 0 Å². The van der Waals surface area contributed by atoms with Crippen LogP contribution in [-0.4, -0.2) is 94.7 Å². The Morgan fingerprint density at radius 2 is 1.45 bits per heavy atom. The van der Waals surface area contributed by atoms with Gasteiger partial charge in [-0.2, -0.15) is 4.98 Å². The number of nitrogens with two attached hydrogens (primary N) is 2. The van der Waals surface area contributed by atoms with Crippen molar-refractivity contribution in [1.29, 1.82) is 0 Å². The second-order valence-corrected chi connectivity index (χ2v) is 15.2. The zero-order chi connectivity index (χ0) is 41.1. The maximum atomic E-state index is 13.0. The highest BCUT2D eigenvalue weighted by atomic mass is 16.6. The van der Waals surface area contributed by atoms with E-state index in [4.69, 9.17) is 30.5 Å². The number of ether oxygens (including phenoxy) is 4. The summed E-state index contributed by atoms with van der Waals surface area (Å²) in [7, 11) is 3.10. The average Bonchev–Trinajstić information content (AvgIpc) is 3.03. The van der Waals surface area contributed by atoms with Crippen molar-refractivity contribution in [3.8, 4) is 22.6 Å². The number of anilines is 2. The second kappa shape index (κ2) is 18.3. The quantitative estimate of drug-likeness (QED) is 0.0617. The zero-order valence-electron chi connectivity index (χ0n) is 33.3. The van der Waals surface area contributed by atoms with Crippen molar-refractivity contribution in [2.24, 2.45) is 16.6 Å². The van der Waals surface area contributed by atoms with E-state index in [9.17, 15) is 14.4 Å². The van der Waals surface area contributed by atoms with Gasteiger partial charge in [0.2, 0.25) is 11.9 Å². The monoisotopic (exact) mass is 766 g/mol. The van der Waals surface area contributed by atoms with Crippen LogP contribution >= 0.6 is 0 Å². The molecule has 2 heterocycles. The lowest BCUT2D eigenvalue weighted by Crippen LogP contribution is -2.47. The van der Waals surface area contributed by atoms with Crippen LogP contribution in [0, 0.1) is 0 Å². The smallest absolute Gasteiger partial charge is 0.414 e. The van der Waals surface area contributed by atoms with E-state index in [0.29, 0.717) is 39.4 Å². The number of guanidine groups is 1. The molecule has 3 rings (SSSR count). The van der Waals surface area contributed by atoms with Gasteiger partial charge in [0.15, 0.2) is 5.65 Å². The maximum absolute atomic E-state index is 13.0. The van der Waals surface area contributed by atoms with E-state index in [0.717, 1.165) is 0 Å². The fourth-order valence-electron chi connectivity index (χ4n) is 4.50. The number of alkyl carbamates (subject to hydrolysis) is 2. The molecule has 0 radical (unpaired) electrons. The number of aliphatic imine (C=N–C) groups is 1. The highest BCUT2D eigenvalue weighted by molar-refractivity contribution is 6.01. The van der Waals surface area contributed by atoms with Gasteiger partial charge in [0.25, 0.3) is 0 Å². The lowest BCUT2D eigenvalue weighted by molar-refractivity contribution is 0.0544. The lowest BCUT2D eigenvalue weighted by atomic mass is 10.0. The van der Waals surface area contributed by atoms with Crippen molar-refractivity contribution in [2.75, 3.05) is 44.5 Å². The molecule has 0 aliphatic carbocycles. The molecule has 0 aliphatic rings. The molecule has 0 saturated heterocycles. The Labute approximate surface area is 321 Å². The molecule has 55 heavy (non-hydrogen) atoms. The molecule has 1 aromatic carbocycles. The summed E-state index contributed by atoms with van der Waals surface area (Å²) in [5.41, 5.74) is 6.07. The highest BCUT2D eigenvalue weighted by Crippen LogP contribution is 2.35. The van der Waals surface area contributed by atoms with Gasteiger partial charge < -0.3 is 40.3 Å². The topological polar surface area (TPSA) is 255 Å². The molecule has 4 amide bonds. The van der Waals surface area contributed by atoms with Crippen LogP contribution in [0.4, 0.5) is 26.1 Å². The number of nitrogens with one attached hydrogen (secondary N) is 5. The first-order valence-electron chi connectivity index (χ1n) is 17.3. The first-order valence-corrected chi connectivity index (χ1v) is 17.3. The molecule has 0 saturated carbocycles. The number of pyridine rings is 1. The zero-order valence-corrected chi connectivity index (χ0v) is 33.3. The Morgan fingerprint density at radius 1 is 0.873 bits per heavy atom. The molecule has 2 aromatic heterocycles. The van der Waals surface area contributed by atoms with E-state index >= 15 is 0 Å².